The number of hydrogen-bond donors (Lipinski definition) is 0. The van der Waals surface area contributed by atoms with Crippen LogP contribution in [-0.4, -0.2) is 21.1 Å². The molecule has 0 aliphatic heterocycles. The average Bonchev–Trinajstić information content (AvgIpc) is 3.04. The number of hydrogen-bond acceptors (Lipinski definition) is 4. The summed E-state index contributed by atoms with van der Waals surface area (Å²) in [4.78, 5) is 0. The molecule has 0 N–H and O–H groups in total. The van der Waals surface area contributed by atoms with Crippen molar-refractivity contribution < 1.29 is 4.74 Å². The Morgan fingerprint density at radius 3 is 2.58 bits per heavy atom. The summed E-state index contributed by atoms with van der Waals surface area (Å²) in [7, 11) is 0. The summed E-state index contributed by atoms with van der Waals surface area (Å²) in [5.41, 5.74) is 3.48. The van der Waals surface area contributed by atoms with Crippen LogP contribution in [0.1, 0.15) is 25.0 Å². The van der Waals surface area contributed by atoms with Gasteiger partial charge in [0.05, 0.1) is 36.2 Å². The van der Waals surface area contributed by atoms with E-state index >= 15 is 0 Å². The third kappa shape index (κ3) is 3.44. The molecule has 0 radical (unpaired) electrons. The Bertz CT molecular complexity index is 860. The normalized spacial score (nSPS) is 10.6. The maximum atomic E-state index is 9.23. The van der Waals surface area contributed by atoms with E-state index in [4.69, 9.17) is 4.74 Å². The Labute approximate surface area is 141 Å². The van der Waals surface area contributed by atoms with Gasteiger partial charge in [-0.3, -0.25) is 0 Å². The Kier molecular flexibility index (Phi) is 4.57. The van der Waals surface area contributed by atoms with E-state index in [1.165, 1.54) is 0 Å². The molecular weight excluding hydrogens is 300 g/mol. The fourth-order valence-corrected chi connectivity index (χ4v) is 2.50. The predicted octanol–water partition coefficient (Wildman–Crippen LogP) is 3.65. The molecule has 24 heavy (non-hydrogen) atoms. The van der Waals surface area contributed by atoms with Gasteiger partial charge < -0.3 is 4.74 Å². The smallest absolute Gasteiger partial charge is 0.119 e. The number of ether oxygens (including phenoxy) is 1. The molecule has 2 aromatic carbocycles. The molecule has 0 bridgehead atoms. The van der Waals surface area contributed by atoms with Crippen molar-refractivity contribution in [3.8, 4) is 23.1 Å². The fourth-order valence-electron chi connectivity index (χ4n) is 2.50. The van der Waals surface area contributed by atoms with E-state index in [0.717, 1.165) is 22.6 Å². The number of benzene rings is 2. The van der Waals surface area contributed by atoms with E-state index in [1.54, 1.807) is 10.9 Å². The molecule has 0 saturated heterocycles. The summed E-state index contributed by atoms with van der Waals surface area (Å²) in [6.45, 7) is 4.50. The van der Waals surface area contributed by atoms with Crippen LogP contribution < -0.4 is 4.74 Å². The van der Waals surface area contributed by atoms with E-state index in [2.05, 4.69) is 16.4 Å². The number of aromatic nitrogens is 3. The van der Waals surface area contributed by atoms with Crippen molar-refractivity contribution in [3.05, 3.63) is 65.9 Å². The van der Waals surface area contributed by atoms with Gasteiger partial charge in [-0.1, -0.05) is 23.4 Å². The Morgan fingerprint density at radius 2 is 1.88 bits per heavy atom. The second-order valence-corrected chi connectivity index (χ2v) is 5.74. The van der Waals surface area contributed by atoms with Gasteiger partial charge in [-0.25, -0.2) is 4.68 Å². The lowest BCUT2D eigenvalue weighted by Gasteiger charge is -2.11. The molecule has 0 spiro atoms. The van der Waals surface area contributed by atoms with Crippen LogP contribution in [0.3, 0.4) is 0 Å². The van der Waals surface area contributed by atoms with Crippen LogP contribution in [0.25, 0.3) is 11.3 Å². The summed E-state index contributed by atoms with van der Waals surface area (Å²) in [5.74, 6) is 0.836. The maximum Gasteiger partial charge on any atom is 0.119 e. The largest absolute Gasteiger partial charge is 0.491 e. The summed E-state index contributed by atoms with van der Waals surface area (Å²) in [6.07, 6.45) is 1.87. The number of rotatable bonds is 5. The molecule has 5 nitrogen and oxygen atoms in total. The van der Waals surface area contributed by atoms with Gasteiger partial charge in [0.1, 0.15) is 5.75 Å². The molecule has 0 saturated carbocycles. The Hall–Kier alpha value is -3.13. The van der Waals surface area contributed by atoms with Crippen molar-refractivity contribution in [3.63, 3.8) is 0 Å². The lowest BCUT2D eigenvalue weighted by atomic mass is 10.1. The zero-order chi connectivity index (χ0) is 16.9. The van der Waals surface area contributed by atoms with Crippen molar-refractivity contribution in [1.82, 2.24) is 15.0 Å². The van der Waals surface area contributed by atoms with Crippen molar-refractivity contribution in [2.45, 2.75) is 26.5 Å². The zero-order valence-electron chi connectivity index (χ0n) is 13.7. The first-order valence-electron chi connectivity index (χ1n) is 7.81. The second kappa shape index (κ2) is 6.97. The van der Waals surface area contributed by atoms with Crippen molar-refractivity contribution in [2.75, 3.05) is 0 Å². The molecule has 5 heteroatoms. The van der Waals surface area contributed by atoms with Crippen molar-refractivity contribution in [2.24, 2.45) is 0 Å². The van der Waals surface area contributed by atoms with E-state index in [-0.39, 0.29) is 6.10 Å². The lowest BCUT2D eigenvalue weighted by molar-refractivity contribution is 0.242. The zero-order valence-corrected chi connectivity index (χ0v) is 13.7. The van der Waals surface area contributed by atoms with E-state index in [0.29, 0.717) is 12.1 Å². The molecule has 0 fully saturated rings. The van der Waals surface area contributed by atoms with Gasteiger partial charge in [0, 0.05) is 5.56 Å². The van der Waals surface area contributed by atoms with Gasteiger partial charge in [-0.2, -0.15) is 5.26 Å². The minimum Gasteiger partial charge on any atom is -0.491 e. The number of nitrogens with zero attached hydrogens (tertiary/aromatic N) is 4. The third-order valence-electron chi connectivity index (χ3n) is 3.60. The Morgan fingerprint density at radius 1 is 1.12 bits per heavy atom. The first-order chi connectivity index (χ1) is 11.7. The van der Waals surface area contributed by atoms with Gasteiger partial charge in [0.2, 0.25) is 0 Å². The van der Waals surface area contributed by atoms with Crippen LogP contribution in [0.5, 0.6) is 5.75 Å². The standard InChI is InChI=1S/C19H18N4O/c1-14(2)24-18-9-7-15(8-10-18)19-12-21-22-23(19)13-17-6-4-3-5-16(17)11-20/h3-10,12,14H,13H2,1-2H3. The molecule has 3 aromatic rings. The van der Waals surface area contributed by atoms with E-state index in [1.807, 2.05) is 62.4 Å². The lowest BCUT2D eigenvalue weighted by Crippen LogP contribution is -2.06. The second-order valence-electron chi connectivity index (χ2n) is 5.74. The highest BCUT2D eigenvalue weighted by Gasteiger charge is 2.10. The highest BCUT2D eigenvalue weighted by Crippen LogP contribution is 2.23. The quantitative estimate of drug-likeness (QED) is 0.720. The summed E-state index contributed by atoms with van der Waals surface area (Å²) >= 11 is 0. The Balaban J connectivity index is 1.87. The first kappa shape index (κ1) is 15.8. The summed E-state index contributed by atoms with van der Waals surface area (Å²) in [6, 6.07) is 17.6. The molecule has 0 unspecified atom stereocenters. The molecule has 3 rings (SSSR count). The van der Waals surface area contributed by atoms with Crippen LogP contribution in [0.15, 0.2) is 54.7 Å². The molecule has 0 amide bonds. The topological polar surface area (TPSA) is 63.7 Å². The predicted molar refractivity (Wildman–Crippen MR) is 91.5 cm³/mol. The maximum absolute atomic E-state index is 9.23. The molecule has 1 heterocycles. The van der Waals surface area contributed by atoms with Gasteiger partial charge in [0.15, 0.2) is 0 Å². The molecule has 120 valence electrons. The number of nitriles is 1. The third-order valence-corrected chi connectivity index (χ3v) is 3.60. The monoisotopic (exact) mass is 318 g/mol. The fraction of sp³-hybridized carbons (Fsp3) is 0.211. The molecule has 0 aliphatic carbocycles. The molecular formula is C19H18N4O. The van der Waals surface area contributed by atoms with Crippen LogP contribution in [0.4, 0.5) is 0 Å². The van der Waals surface area contributed by atoms with Gasteiger partial charge >= 0.3 is 0 Å². The van der Waals surface area contributed by atoms with Gasteiger partial charge in [0.25, 0.3) is 0 Å². The molecule has 1 aromatic heterocycles. The first-order valence-corrected chi connectivity index (χ1v) is 7.81. The SMILES string of the molecule is CC(C)Oc1ccc(-c2cnnn2Cc2ccccc2C#N)cc1. The van der Waals surface area contributed by atoms with Gasteiger partial charge in [-0.15, -0.1) is 5.10 Å². The van der Waals surface area contributed by atoms with Crippen LogP contribution >= 0.6 is 0 Å². The highest BCUT2D eigenvalue weighted by molar-refractivity contribution is 5.59. The van der Waals surface area contributed by atoms with Crippen LogP contribution in [0, 0.1) is 11.3 Å². The summed E-state index contributed by atoms with van der Waals surface area (Å²) in [5, 5.41) is 17.4. The van der Waals surface area contributed by atoms with E-state index in [9.17, 15) is 5.26 Å². The minimum absolute atomic E-state index is 0.144. The molecule has 0 atom stereocenters. The minimum atomic E-state index is 0.144. The van der Waals surface area contributed by atoms with Crippen molar-refractivity contribution >= 4 is 0 Å². The van der Waals surface area contributed by atoms with Gasteiger partial charge in [-0.05, 0) is 49.7 Å². The van der Waals surface area contributed by atoms with E-state index < -0.39 is 0 Å². The van der Waals surface area contributed by atoms with Crippen LogP contribution in [0.2, 0.25) is 0 Å². The molecule has 0 aliphatic rings. The van der Waals surface area contributed by atoms with Crippen LogP contribution in [-0.2, 0) is 6.54 Å². The van der Waals surface area contributed by atoms with Crippen molar-refractivity contribution in [1.29, 1.82) is 5.26 Å². The summed E-state index contributed by atoms with van der Waals surface area (Å²) < 4.78 is 7.47. The highest BCUT2D eigenvalue weighted by atomic mass is 16.5. The average molecular weight is 318 g/mol.